The fraction of sp³-hybridized carbons (Fsp3) is 0.792. The number of nitroso groups, excluding NO2 is 1. The molecule has 1 N–H and O–H groups in total. The third-order valence-corrected chi connectivity index (χ3v) is 6.49. The van der Waals surface area contributed by atoms with Crippen LogP contribution in [0.4, 0.5) is 4.79 Å². The summed E-state index contributed by atoms with van der Waals surface area (Å²) in [6.07, 6.45) is -5.67. The number of ether oxygens (including phenoxy) is 5. The molecule has 40 heavy (non-hydrogen) atoms. The Balaban J connectivity index is 2.47. The molecule has 2 fully saturated rings. The minimum atomic E-state index is -1.64. The highest BCUT2D eigenvalue weighted by Gasteiger charge is 2.53. The second kappa shape index (κ2) is 12.9. The topological polar surface area (TPSA) is 202 Å². The van der Waals surface area contributed by atoms with Crippen molar-refractivity contribution in [3.05, 3.63) is 10.1 Å². The summed E-state index contributed by atoms with van der Waals surface area (Å²) in [5, 5.41) is 19.6. The molecular formula is C24H37N4O12-. The van der Waals surface area contributed by atoms with Gasteiger partial charge in [-0.25, -0.2) is 4.79 Å². The summed E-state index contributed by atoms with van der Waals surface area (Å²) in [6.45, 7) is 10.5. The Morgan fingerprint density at radius 1 is 0.900 bits per heavy atom. The first-order valence-electron chi connectivity index (χ1n) is 12.6. The van der Waals surface area contributed by atoms with Gasteiger partial charge in [-0.15, -0.1) is 4.91 Å². The van der Waals surface area contributed by atoms with Gasteiger partial charge in [-0.2, -0.15) is 5.01 Å². The summed E-state index contributed by atoms with van der Waals surface area (Å²) < 4.78 is 26.7. The normalized spacial score (nSPS) is 28.0. The molecule has 1 unspecified atom stereocenters. The van der Waals surface area contributed by atoms with Crippen molar-refractivity contribution in [2.24, 2.45) is 5.29 Å². The lowest BCUT2D eigenvalue weighted by atomic mass is 9.79. The average molecular weight is 574 g/mol. The predicted octanol–water partition coefficient (Wildman–Crippen LogP) is 1.28. The molecule has 0 bridgehead atoms. The van der Waals surface area contributed by atoms with Gasteiger partial charge in [-0.05, 0) is 40.5 Å². The second-order valence-electron chi connectivity index (χ2n) is 11.0. The summed E-state index contributed by atoms with van der Waals surface area (Å²) in [6, 6.07) is -3.39. The minimum Gasteiger partial charge on any atom is -0.784 e. The number of hydrogen-bond acceptors (Lipinski definition) is 14. The first-order valence-corrected chi connectivity index (χ1v) is 12.6. The Labute approximate surface area is 231 Å². The smallest absolute Gasteiger partial charge is 0.341 e. The number of esters is 4. The maximum atomic E-state index is 13.4. The van der Waals surface area contributed by atoms with E-state index in [-0.39, 0.29) is 12.8 Å². The number of nitrogens with one attached hydrogen (secondary N) is 1. The zero-order valence-corrected chi connectivity index (χ0v) is 23.8. The van der Waals surface area contributed by atoms with Crippen LogP contribution in [-0.4, -0.2) is 94.4 Å². The molecule has 2 aliphatic rings. The van der Waals surface area contributed by atoms with Crippen LogP contribution in [0.3, 0.4) is 0 Å². The highest BCUT2D eigenvalue weighted by Crippen LogP contribution is 2.39. The molecular weight excluding hydrogens is 536 g/mol. The summed E-state index contributed by atoms with van der Waals surface area (Å²) in [5.74, 6) is -3.22. The number of hydroxylamine groups is 2. The third kappa shape index (κ3) is 8.08. The fourth-order valence-electron chi connectivity index (χ4n) is 5.18. The molecule has 0 aromatic carbocycles. The van der Waals surface area contributed by atoms with Gasteiger partial charge in [0, 0.05) is 38.8 Å². The lowest BCUT2D eigenvalue weighted by Gasteiger charge is -2.60. The van der Waals surface area contributed by atoms with Crippen LogP contribution < -0.4 is 5.32 Å². The first kappa shape index (κ1) is 32.8. The molecule has 2 amide bonds. The van der Waals surface area contributed by atoms with E-state index in [1.807, 2.05) is 0 Å². The van der Waals surface area contributed by atoms with Gasteiger partial charge in [0.1, 0.15) is 18.8 Å². The second-order valence-corrected chi connectivity index (χ2v) is 11.0. The Morgan fingerprint density at radius 2 is 1.40 bits per heavy atom. The number of urea groups is 1. The fourth-order valence-corrected chi connectivity index (χ4v) is 5.18. The molecule has 0 aromatic rings. The van der Waals surface area contributed by atoms with Crippen molar-refractivity contribution >= 4 is 29.9 Å². The highest BCUT2D eigenvalue weighted by atomic mass is 16.7. The number of nitrogens with zero attached hydrogens (tertiary/aromatic N) is 3. The van der Waals surface area contributed by atoms with Gasteiger partial charge >= 0.3 is 29.9 Å². The summed E-state index contributed by atoms with van der Waals surface area (Å²) in [7, 11) is 0. The molecule has 0 spiro atoms. The summed E-state index contributed by atoms with van der Waals surface area (Å²) in [4.78, 5) is 72.7. The molecule has 2 rings (SSSR count). The monoisotopic (exact) mass is 573 g/mol. The molecule has 2 heterocycles. The molecule has 0 saturated carbocycles. The Hall–Kier alpha value is -3.37. The van der Waals surface area contributed by atoms with E-state index in [2.05, 4.69) is 10.6 Å². The number of hydrogen-bond donors (Lipinski definition) is 1. The molecule has 0 aliphatic carbocycles. The maximum Gasteiger partial charge on any atom is 0.341 e. The van der Waals surface area contributed by atoms with E-state index in [1.165, 1.54) is 0 Å². The Bertz CT molecular complexity index is 984. The average Bonchev–Trinajstić information content (AvgIpc) is 2.79. The van der Waals surface area contributed by atoms with Crippen LogP contribution in [0.25, 0.3) is 0 Å². The number of carbonyl (C=O) groups excluding carboxylic acids is 5. The van der Waals surface area contributed by atoms with Crippen LogP contribution >= 0.6 is 0 Å². The quantitative estimate of drug-likeness (QED) is 0.188. The van der Waals surface area contributed by atoms with E-state index in [0.29, 0.717) is 5.01 Å². The molecule has 0 radical (unpaired) electrons. The van der Waals surface area contributed by atoms with Gasteiger partial charge in [0.15, 0.2) is 12.2 Å². The van der Waals surface area contributed by atoms with Crippen LogP contribution in [0.5, 0.6) is 0 Å². The van der Waals surface area contributed by atoms with Crippen LogP contribution in [0.15, 0.2) is 5.29 Å². The van der Waals surface area contributed by atoms with E-state index in [1.54, 1.807) is 27.7 Å². The molecule has 2 saturated heterocycles. The largest absolute Gasteiger partial charge is 0.784 e. The van der Waals surface area contributed by atoms with E-state index in [9.17, 15) is 34.1 Å². The lowest BCUT2D eigenvalue weighted by Crippen LogP contribution is -2.68. The minimum absolute atomic E-state index is 0.0987. The number of amides is 2. The van der Waals surface area contributed by atoms with Crippen molar-refractivity contribution in [3.8, 4) is 0 Å². The summed E-state index contributed by atoms with van der Waals surface area (Å²) >= 11 is 0. The molecule has 226 valence electrons. The van der Waals surface area contributed by atoms with Crippen LogP contribution in [-0.2, 0) is 42.9 Å². The molecule has 5 atom stereocenters. The SMILES string of the molecule is CC(=O)OC[C@H]1OC(OC(C)=O)[C@H](NC(=O)N(N=O)C2CC(C)(C)N([O-])C(C)(C)C2)[C@@H](OC(C)=O)[C@@H]1OC(C)=O. The van der Waals surface area contributed by atoms with Crippen molar-refractivity contribution in [1.29, 1.82) is 0 Å². The van der Waals surface area contributed by atoms with E-state index < -0.39 is 84.3 Å². The van der Waals surface area contributed by atoms with Crippen molar-refractivity contribution in [2.75, 3.05) is 6.61 Å². The van der Waals surface area contributed by atoms with E-state index in [4.69, 9.17) is 23.7 Å². The standard InChI is InChI=1S/C24H37N4O12/c1-12(29)36-11-17-19(37-13(2)30)20(38-14(3)31)18(21(40-17)39-15(4)32)25-22(33)27(26-34)16-9-23(5,6)28(35)24(7,8)10-16/h16-21H,9-11H2,1-8H3,(H,25,33)/q-1/t17-,18-,19-,20-,21?/m1/s1. The van der Waals surface area contributed by atoms with Crippen molar-refractivity contribution in [3.63, 3.8) is 0 Å². The predicted molar refractivity (Wildman–Crippen MR) is 135 cm³/mol. The van der Waals surface area contributed by atoms with Gasteiger partial charge < -0.3 is 39.3 Å². The number of piperidine rings is 1. The van der Waals surface area contributed by atoms with Crippen molar-refractivity contribution in [1.82, 2.24) is 15.4 Å². The van der Waals surface area contributed by atoms with E-state index >= 15 is 0 Å². The van der Waals surface area contributed by atoms with Gasteiger partial charge in [-0.1, -0.05) is 0 Å². The highest BCUT2D eigenvalue weighted by molar-refractivity contribution is 5.75. The Kier molecular flexibility index (Phi) is 10.6. The zero-order valence-electron chi connectivity index (χ0n) is 23.8. The molecule has 0 aromatic heterocycles. The van der Waals surface area contributed by atoms with E-state index in [0.717, 1.165) is 32.8 Å². The summed E-state index contributed by atoms with van der Waals surface area (Å²) in [5.41, 5.74) is -1.90. The molecule has 16 heteroatoms. The Morgan fingerprint density at radius 3 is 1.85 bits per heavy atom. The van der Waals surface area contributed by atoms with Crippen molar-refractivity contribution in [2.45, 2.75) is 116 Å². The number of rotatable bonds is 8. The zero-order chi connectivity index (χ0) is 30.6. The molecule has 16 nitrogen and oxygen atoms in total. The van der Waals surface area contributed by atoms with Gasteiger partial charge in [0.2, 0.25) is 6.29 Å². The van der Waals surface area contributed by atoms with Crippen molar-refractivity contribution < 1.29 is 47.7 Å². The van der Waals surface area contributed by atoms with Gasteiger partial charge in [0.05, 0.1) is 11.3 Å². The maximum absolute atomic E-state index is 13.4. The first-order chi connectivity index (χ1) is 18.4. The number of carbonyl (C=O) groups is 5. The lowest BCUT2D eigenvalue weighted by molar-refractivity contribution is -0.270. The van der Waals surface area contributed by atoms with Crippen LogP contribution in [0.2, 0.25) is 0 Å². The van der Waals surface area contributed by atoms with Crippen LogP contribution in [0.1, 0.15) is 68.2 Å². The third-order valence-electron chi connectivity index (χ3n) is 6.49. The van der Waals surface area contributed by atoms with Gasteiger partial charge in [-0.3, -0.25) is 19.2 Å². The molecule has 2 aliphatic heterocycles. The van der Waals surface area contributed by atoms with Gasteiger partial charge in [0.25, 0.3) is 0 Å². The van der Waals surface area contributed by atoms with Crippen LogP contribution in [0, 0.1) is 10.1 Å².